The molecule has 2 amide bonds. The number of likely N-dealkylation sites (N-methyl/N-ethyl adjacent to an activating group) is 1. The van der Waals surface area contributed by atoms with Crippen molar-refractivity contribution in [3.05, 3.63) is 87.3 Å². The van der Waals surface area contributed by atoms with Crippen LogP contribution in [0.3, 0.4) is 0 Å². The Morgan fingerprint density at radius 3 is 2.68 bits per heavy atom. The second-order valence-electron chi connectivity index (χ2n) is 10.4. The molecule has 210 valence electrons. The molecule has 2 aromatic heterocycles. The van der Waals surface area contributed by atoms with Gasteiger partial charge in [0.1, 0.15) is 17.3 Å². The highest BCUT2D eigenvalue weighted by Gasteiger charge is 2.36. The van der Waals surface area contributed by atoms with Crippen LogP contribution in [0.1, 0.15) is 51.4 Å². The Balaban J connectivity index is 1.18. The smallest absolute Gasteiger partial charge is 0.272 e. The molecule has 3 N–H and O–H groups in total. The van der Waals surface area contributed by atoms with Crippen LogP contribution < -0.4 is 20.9 Å². The van der Waals surface area contributed by atoms with Gasteiger partial charge in [0, 0.05) is 38.1 Å². The number of nitrogens with one attached hydrogen (secondary N) is 1. The summed E-state index contributed by atoms with van der Waals surface area (Å²) < 4.78 is 20.9. The number of anilines is 1. The van der Waals surface area contributed by atoms with Gasteiger partial charge in [0.15, 0.2) is 0 Å². The number of halogens is 1. The maximum absolute atomic E-state index is 14.8. The van der Waals surface area contributed by atoms with Crippen LogP contribution in [0.25, 0.3) is 10.8 Å². The lowest BCUT2D eigenvalue weighted by molar-refractivity contribution is 0.0597. The zero-order valence-electron chi connectivity index (χ0n) is 22.3. The molecule has 2 aliphatic rings. The molecule has 2 aromatic carbocycles. The van der Waals surface area contributed by atoms with E-state index < -0.39 is 17.6 Å². The molecule has 0 unspecified atom stereocenters. The first-order valence-electron chi connectivity index (χ1n) is 13.4. The normalized spacial score (nSPS) is 15.3. The minimum absolute atomic E-state index is 0.0432. The second-order valence-corrected chi connectivity index (χ2v) is 10.4. The van der Waals surface area contributed by atoms with Crippen LogP contribution in [0.15, 0.2) is 53.5 Å². The number of aromatic nitrogens is 4. The van der Waals surface area contributed by atoms with Crippen molar-refractivity contribution in [2.24, 2.45) is 5.73 Å². The summed E-state index contributed by atoms with van der Waals surface area (Å²) in [6, 6.07) is 11.1. The van der Waals surface area contributed by atoms with Crippen LogP contribution in [0.4, 0.5) is 10.3 Å². The molecular weight excluding hydrogens is 529 g/mol. The number of benzene rings is 2. The third-order valence-electron chi connectivity index (χ3n) is 7.73. The van der Waals surface area contributed by atoms with Crippen molar-refractivity contribution in [1.29, 1.82) is 0 Å². The van der Waals surface area contributed by atoms with Gasteiger partial charge in [-0.2, -0.15) is 5.10 Å². The van der Waals surface area contributed by atoms with Crippen molar-refractivity contribution in [3.8, 4) is 5.75 Å². The Labute approximate surface area is 234 Å². The number of hydrogen-bond acceptors (Lipinski definition) is 8. The van der Waals surface area contributed by atoms with Crippen molar-refractivity contribution in [1.82, 2.24) is 25.1 Å². The number of likely N-dealkylation sites (tertiary alicyclic amines) is 1. The van der Waals surface area contributed by atoms with Crippen LogP contribution in [0, 0.1) is 5.82 Å². The Kier molecular flexibility index (Phi) is 6.82. The molecule has 1 saturated carbocycles. The topological polar surface area (TPSA) is 147 Å². The molecule has 0 atom stereocenters. The minimum atomic E-state index is -0.657. The Morgan fingerprint density at radius 1 is 1.15 bits per heavy atom. The third kappa shape index (κ3) is 5.20. The lowest BCUT2D eigenvalue weighted by Gasteiger charge is -2.44. The predicted octanol–water partition coefficient (Wildman–Crippen LogP) is 2.43. The van der Waals surface area contributed by atoms with E-state index >= 15 is 0 Å². The molecular formula is C29H28FN7O4. The summed E-state index contributed by atoms with van der Waals surface area (Å²) in [7, 11) is 1.76. The van der Waals surface area contributed by atoms with Crippen LogP contribution in [-0.4, -0.2) is 69.2 Å². The molecule has 3 heterocycles. The van der Waals surface area contributed by atoms with Gasteiger partial charge in [0.05, 0.1) is 28.8 Å². The third-order valence-corrected chi connectivity index (χ3v) is 7.73. The van der Waals surface area contributed by atoms with E-state index in [4.69, 9.17) is 10.5 Å². The summed E-state index contributed by atoms with van der Waals surface area (Å²) in [6.45, 7) is 0.665. The van der Waals surface area contributed by atoms with Gasteiger partial charge in [-0.1, -0.05) is 6.07 Å². The van der Waals surface area contributed by atoms with E-state index in [2.05, 4.69) is 20.2 Å². The van der Waals surface area contributed by atoms with Crippen LogP contribution in [-0.2, 0) is 6.42 Å². The highest BCUT2D eigenvalue weighted by atomic mass is 19.1. The minimum Gasteiger partial charge on any atom is -0.490 e. The molecule has 0 bridgehead atoms. The summed E-state index contributed by atoms with van der Waals surface area (Å²) in [5.41, 5.74) is 6.32. The highest BCUT2D eigenvalue weighted by molar-refractivity contribution is 5.95. The predicted molar refractivity (Wildman–Crippen MR) is 148 cm³/mol. The number of carbonyl (C=O) groups is 2. The second kappa shape index (κ2) is 10.6. The fourth-order valence-corrected chi connectivity index (χ4v) is 4.98. The van der Waals surface area contributed by atoms with Crippen molar-refractivity contribution >= 4 is 28.5 Å². The van der Waals surface area contributed by atoms with E-state index in [0.29, 0.717) is 46.8 Å². The summed E-state index contributed by atoms with van der Waals surface area (Å²) in [6.07, 6.45) is 5.07. The van der Waals surface area contributed by atoms with E-state index in [1.54, 1.807) is 35.0 Å². The standard InChI is InChI=1S/C29H28FN7O4/c1-36(29-32-10-9-24(33-29)26(31)38)17-14-37(15-17)28(40)22-11-16(5-8-23(22)30)12-25-21-13-19(41-18-3-2-4-18)6-7-20(21)27(39)35-34-25/h5-11,13,17-18H,2-4,12,14-15H2,1H3,(H2,31,38)(H,35,39). The van der Waals surface area contributed by atoms with Gasteiger partial charge in [-0.15, -0.1) is 0 Å². The Hall–Kier alpha value is -4.87. The summed E-state index contributed by atoms with van der Waals surface area (Å²) in [4.78, 5) is 48.7. The summed E-state index contributed by atoms with van der Waals surface area (Å²) in [5.74, 6) is -0.724. The SMILES string of the molecule is CN(c1nccc(C(N)=O)n1)C1CN(C(=O)c2cc(Cc3n[nH]c(=O)c4ccc(OC5CCC5)cc34)ccc2F)C1. The molecule has 1 aliphatic heterocycles. The number of nitrogens with zero attached hydrogens (tertiary/aromatic N) is 5. The summed E-state index contributed by atoms with van der Waals surface area (Å²) >= 11 is 0. The molecule has 0 spiro atoms. The fourth-order valence-electron chi connectivity index (χ4n) is 4.98. The van der Waals surface area contributed by atoms with Gasteiger partial charge in [-0.3, -0.25) is 14.4 Å². The number of H-pyrrole nitrogens is 1. The number of nitrogens with two attached hydrogens (primary N) is 1. The number of aromatic amines is 1. The largest absolute Gasteiger partial charge is 0.490 e. The van der Waals surface area contributed by atoms with Crippen molar-refractivity contribution < 1.29 is 18.7 Å². The Bertz CT molecular complexity index is 1720. The van der Waals surface area contributed by atoms with Gasteiger partial charge in [0.25, 0.3) is 17.4 Å². The van der Waals surface area contributed by atoms with Gasteiger partial charge in [0.2, 0.25) is 5.95 Å². The molecule has 4 aromatic rings. The number of amides is 2. The van der Waals surface area contributed by atoms with Crippen LogP contribution >= 0.6 is 0 Å². The molecule has 1 aliphatic carbocycles. The van der Waals surface area contributed by atoms with E-state index in [9.17, 15) is 18.8 Å². The van der Waals surface area contributed by atoms with Crippen molar-refractivity contribution in [2.45, 2.75) is 37.8 Å². The first-order chi connectivity index (χ1) is 19.8. The molecule has 0 radical (unpaired) electrons. The molecule has 6 rings (SSSR count). The average molecular weight is 558 g/mol. The van der Waals surface area contributed by atoms with E-state index in [-0.39, 0.29) is 35.4 Å². The number of fused-ring (bicyclic) bond motifs is 1. The number of rotatable bonds is 8. The van der Waals surface area contributed by atoms with E-state index in [1.165, 1.54) is 24.4 Å². The van der Waals surface area contributed by atoms with Gasteiger partial charge >= 0.3 is 0 Å². The van der Waals surface area contributed by atoms with Crippen molar-refractivity contribution in [2.75, 3.05) is 25.0 Å². The number of primary amides is 1. The first-order valence-corrected chi connectivity index (χ1v) is 13.4. The quantitative estimate of drug-likeness (QED) is 0.336. The first kappa shape index (κ1) is 26.4. The molecule has 12 heteroatoms. The number of ether oxygens (including phenoxy) is 1. The van der Waals surface area contributed by atoms with Gasteiger partial charge in [-0.05, 0) is 61.2 Å². The zero-order chi connectivity index (χ0) is 28.7. The molecule has 11 nitrogen and oxygen atoms in total. The lowest BCUT2D eigenvalue weighted by Crippen LogP contribution is -2.60. The van der Waals surface area contributed by atoms with Crippen molar-refractivity contribution in [3.63, 3.8) is 0 Å². The van der Waals surface area contributed by atoms with E-state index in [0.717, 1.165) is 19.3 Å². The molecule has 41 heavy (non-hydrogen) atoms. The number of carbonyl (C=O) groups excluding carboxylic acids is 2. The molecule has 1 saturated heterocycles. The number of hydrogen-bond donors (Lipinski definition) is 2. The zero-order valence-corrected chi connectivity index (χ0v) is 22.3. The maximum Gasteiger partial charge on any atom is 0.272 e. The monoisotopic (exact) mass is 557 g/mol. The summed E-state index contributed by atoms with van der Waals surface area (Å²) in [5, 5.41) is 7.93. The average Bonchev–Trinajstić information content (AvgIpc) is 2.92. The fraction of sp³-hybridized carbons (Fsp3) is 0.310. The highest BCUT2D eigenvalue weighted by Crippen LogP contribution is 2.29. The van der Waals surface area contributed by atoms with Crippen LogP contribution in [0.5, 0.6) is 5.75 Å². The van der Waals surface area contributed by atoms with Gasteiger partial charge in [-0.25, -0.2) is 19.5 Å². The Morgan fingerprint density at radius 2 is 1.95 bits per heavy atom. The molecule has 2 fully saturated rings. The lowest BCUT2D eigenvalue weighted by atomic mass is 9.96. The van der Waals surface area contributed by atoms with Gasteiger partial charge < -0.3 is 20.3 Å². The van der Waals surface area contributed by atoms with Crippen LogP contribution in [0.2, 0.25) is 0 Å². The maximum atomic E-state index is 14.8. The van der Waals surface area contributed by atoms with E-state index in [1.807, 2.05) is 6.07 Å².